The Morgan fingerprint density at radius 2 is 1.85 bits per heavy atom. The van der Waals surface area contributed by atoms with Gasteiger partial charge in [-0.1, -0.05) is 36.4 Å². The number of hydrogen-bond acceptors (Lipinski definition) is 3. The van der Waals surface area contributed by atoms with Crippen molar-refractivity contribution in [1.82, 2.24) is 10.2 Å². The predicted octanol–water partition coefficient (Wildman–Crippen LogP) is 3.46. The first-order valence-corrected chi connectivity index (χ1v) is 9.34. The summed E-state index contributed by atoms with van der Waals surface area (Å²) in [7, 11) is 1.66. The smallest absolute Gasteiger partial charge is 0.224 e. The van der Waals surface area contributed by atoms with E-state index in [1.807, 2.05) is 25.1 Å². The van der Waals surface area contributed by atoms with Gasteiger partial charge in [0.2, 0.25) is 5.91 Å². The van der Waals surface area contributed by atoms with Crippen LogP contribution in [0.1, 0.15) is 35.1 Å². The Morgan fingerprint density at radius 1 is 1.08 bits per heavy atom. The first-order chi connectivity index (χ1) is 12.6. The van der Waals surface area contributed by atoms with Gasteiger partial charge in [0.05, 0.1) is 13.5 Å². The molecule has 0 atom stereocenters. The van der Waals surface area contributed by atoms with Crippen LogP contribution >= 0.6 is 0 Å². The van der Waals surface area contributed by atoms with Gasteiger partial charge in [0.25, 0.3) is 0 Å². The van der Waals surface area contributed by atoms with Crippen LogP contribution in [0.25, 0.3) is 0 Å². The Hall–Kier alpha value is -2.33. The molecule has 2 aromatic rings. The van der Waals surface area contributed by atoms with E-state index in [1.165, 1.54) is 31.5 Å². The summed E-state index contributed by atoms with van der Waals surface area (Å²) in [6.45, 7) is 5.96. The highest BCUT2D eigenvalue weighted by molar-refractivity contribution is 5.78. The number of ether oxygens (including phenoxy) is 1. The molecule has 1 saturated heterocycles. The van der Waals surface area contributed by atoms with Gasteiger partial charge in [0.15, 0.2) is 0 Å². The molecule has 0 aliphatic carbocycles. The number of likely N-dealkylation sites (tertiary alicyclic amines) is 1. The Balaban J connectivity index is 1.51. The van der Waals surface area contributed by atoms with E-state index in [4.69, 9.17) is 4.74 Å². The molecule has 2 aromatic carbocycles. The first kappa shape index (κ1) is 18.5. The minimum absolute atomic E-state index is 0.0412. The Kier molecular flexibility index (Phi) is 6.29. The maximum Gasteiger partial charge on any atom is 0.224 e. The van der Waals surface area contributed by atoms with Gasteiger partial charge in [-0.05, 0) is 61.2 Å². The van der Waals surface area contributed by atoms with E-state index in [2.05, 4.69) is 34.5 Å². The second-order valence-electron chi connectivity index (χ2n) is 7.06. The van der Waals surface area contributed by atoms with Crippen molar-refractivity contribution < 1.29 is 9.53 Å². The topological polar surface area (TPSA) is 41.6 Å². The number of carbonyl (C=O) groups excluding carboxylic acids is 1. The molecular formula is C22H28N2O2. The van der Waals surface area contributed by atoms with Crippen LogP contribution in [0.2, 0.25) is 0 Å². The quantitative estimate of drug-likeness (QED) is 0.830. The maximum atomic E-state index is 12.3. The second-order valence-corrected chi connectivity index (χ2v) is 7.06. The number of hydrogen-bond donors (Lipinski definition) is 1. The first-order valence-electron chi connectivity index (χ1n) is 9.34. The highest BCUT2D eigenvalue weighted by atomic mass is 16.5. The van der Waals surface area contributed by atoms with Crippen molar-refractivity contribution >= 4 is 5.91 Å². The van der Waals surface area contributed by atoms with E-state index in [9.17, 15) is 4.79 Å². The van der Waals surface area contributed by atoms with Crippen LogP contribution in [0.15, 0.2) is 42.5 Å². The summed E-state index contributed by atoms with van der Waals surface area (Å²) in [6, 6.07) is 14.4. The third-order valence-corrected chi connectivity index (χ3v) is 4.91. The normalized spacial score (nSPS) is 14.4. The number of methoxy groups -OCH3 is 1. The van der Waals surface area contributed by atoms with Crippen LogP contribution in [0.5, 0.6) is 5.75 Å². The molecule has 0 bridgehead atoms. The van der Waals surface area contributed by atoms with E-state index in [-0.39, 0.29) is 5.91 Å². The van der Waals surface area contributed by atoms with Gasteiger partial charge in [0.1, 0.15) is 5.75 Å². The summed E-state index contributed by atoms with van der Waals surface area (Å²) in [4.78, 5) is 14.8. The number of benzene rings is 2. The molecule has 1 amide bonds. The van der Waals surface area contributed by atoms with Gasteiger partial charge >= 0.3 is 0 Å². The molecule has 138 valence electrons. The molecule has 3 rings (SSSR count). The Labute approximate surface area is 156 Å². The second kappa shape index (κ2) is 8.86. The van der Waals surface area contributed by atoms with Gasteiger partial charge in [-0.2, -0.15) is 0 Å². The van der Waals surface area contributed by atoms with E-state index in [0.29, 0.717) is 13.0 Å². The molecule has 26 heavy (non-hydrogen) atoms. The lowest BCUT2D eigenvalue weighted by Gasteiger charge is -2.15. The molecule has 0 radical (unpaired) electrons. The average molecular weight is 352 g/mol. The monoisotopic (exact) mass is 352 g/mol. The maximum absolute atomic E-state index is 12.3. The number of nitrogens with zero attached hydrogens (tertiary/aromatic N) is 1. The van der Waals surface area contributed by atoms with Gasteiger partial charge in [-0.3, -0.25) is 9.69 Å². The van der Waals surface area contributed by atoms with Crippen LogP contribution in [-0.2, 0) is 24.3 Å². The van der Waals surface area contributed by atoms with Gasteiger partial charge in [-0.15, -0.1) is 0 Å². The van der Waals surface area contributed by atoms with Crippen LogP contribution in [0, 0.1) is 6.92 Å². The number of nitrogens with one attached hydrogen (secondary N) is 1. The fourth-order valence-corrected chi connectivity index (χ4v) is 3.54. The minimum Gasteiger partial charge on any atom is -0.496 e. The van der Waals surface area contributed by atoms with Crippen LogP contribution < -0.4 is 10.1 Å². The lowest BCUT2D eigenvalue weighted by atomic mass is 10.1. The SMILES string of the molecule is COc1ccc(CC(=O)NCc2cccc(CN3CCCC3)c2)cc1C. The number of amides is 1. The lowest BCUT2D eigenvalue weighted by Crippen LogP contribution is -2.24. The number of carbonyl (C=O) groups is 1. The molecular weight excluding hydrogens is 324 g/mol. The predicted molar refractivity (Wildman–Crippen MR) is 104 cm³/mol. The molecule has 0 aromatic heterocycles. The summed E-state index contributed by atoms with van der Waals surface area (Å²) in [5, 5.41) is 3.03. The van der Waals surface area contributed by atoms with E-state index < -0.39 is 0 Å². The average Bonchev–Trinajstić information content (AvgIpc) is 3.13. The van der Waals surface area contributed by atoms with Crippen LogP contribution in [0.3, 0.4) is 0 Å². The summed E-state index contributed by atoms with van der Waals surface area (Å²) >= 11 is 0. The zero-order valence-corrected chi connectivity index (χ0v) is 15.8. The van der Waals surface area contributed by atoms with Gasteiger partial charge in [0, 0.05) is 13.1 Å². The van der Waals surface area contributed by atoms with Crippen molar-refractivity contribution in [2.75, 3.05) is 20.2 Å². The van der Waals surface area contributed by atoms with Crippen molar-refractivity contribution in [2.24, 2.45) is 0 Å². The van der Waals surface area contributed by atoms with Crippen molar-refractivity contribution in [2.45, 2.75) is 39.3 Å². The lowest BCUT2D eigenvalue weighted by molar-refractivity contribution is -0.120. The molecule has 0 unspecified atom stereocenters. The molecule has 1 aliphatic rings. The van der Waals surface area contributed by atoms with Crippen molar-refractivity contribution in [1.29, 1.82) is 0 Å². The molecule has 1 aliphatic heterocycles. The number of rotatable bonds is 7. The molecule has 0 spiro atoms. The summed E-state index contributed by atoms with van der Waals surface area (Å²) < 4.78 is 5.26. The molecule has 1 heterocycles. The van der Waals surface area contributed by atoms with Crippen molar-refractivity contribution in [3.63, 3.8) is 0 Å². The Morgan fingerprint density at radius 3 is 2.58 bits per heavy atom. The molecule has 1 N–H and O–H groups in total. The fourth-order valence-electron chi connectivity index (χ4n) is 3.54. The third-order valence-electron chi connectivity index (χ3n) is 4.91. The highest BCUT2D eigenvalue weighted by Crippen LogP contribution is 2.19. The van der Waals surface area contributed by atoms with E-state index in [0.717, 1.165) is 29.0 Å². The summed E-state index contributed by atoms with van der Waals surface area (Å²) in [5.74, 6) is 0.892. The van der Waals surface area contributed by atoms with Crippen molar-refractivity contribution in [3.05, 3.63) is 64.7 Å². The van der Waals surface area contributed by atoms with Crippen LogP contribution in [0.4, 0.5) is 0 Å². The zero-order chi connectivity index (χ0) is 18.4. The summed E-state index contributed by atoms with van der Waals surface area (Å²) in [5.41, 5.74) is 4.53. The van der Waals surface area contributed by atoms with Crippen LogP contribution in [-0.4, -0.2) is 31.0 Å². The Bertz CT molecular complexity index is 752. The standard InChI is InChI=1S/C22H28N2O2/c1-17-12-18(8-9-21(17)26-2)14-22(25)23-15-19-6-5-7-20(13-19)16-24-10-3-4-11-24/h5-9,12-13H,3-4,10-11,14-16H2,1-2H3,(H,23,25). The third kappa shape index (κ3) is 5.09. The molecule has 1 fully saturated rings. The van der Waals surface area contributed by atoms with Gasteiger partial charge < -0.3 is 10.1 Å². The zero-order valence-electron chi connectivity index (χ0n) is 15.8. The fraction of sp³-hybridized carbons (Fsp3) is 0.409. The van der Waals surface area contributed by atoms with Crippen molar-refractivity contribution in [3.8, 4) is 5.75 Å². The highest BCUT2D eigenvalue weighted by Gasteiger charge is 2.12. The van der Waals surface area contributed by atoms with Gasteiger partial charge in [-0.25, -0.2) is 0 Å². The molecule has 4 heteroatoms. The largest absolute Gasteiger partial charge is 0.496 e. The molecule has 4 nitrogen and oxygen atoms in total. The summed E-state index contributed by atoms with van der Waals surface area (Å²) in [6.07, 6.45) is 3.00. The van der Waals surface area contributed by atoms with E-state index >= 15 is 0 Å². The number of aryl methyl sites for hydroxylation is 1. The van der Waals surface area contributed by atoms with E-state index in [1.54, 1.807) is 7.11 Å². The minimum atomic E-state index is 0.0412. The molecule has 0 saturated carbocycles.